The number of hydrogen-bond donors (Lipinski definition) is 2. The highest BCUT2D eigenvalue weighted by Crippen LogP contribution is 2.27. The van der Waals surface area contributed by atoms with E-state index in [0.717, 1.165) is 18.8 Å². The highest BCUT2D eigenvalue weighted by atomic mass is 15.3. The average Bonchev–Trinajstić information content (AvgIpc) is 2.77. The van der Waals surface area contributed by atoms with Crippen molar-refractivity contribution in [1.82, 2.24) is 15.2 Å². The second-order valence-corrected chi connectivity index (χ2v) is 5.48. The van der Waals surface area contributed by atoms with E-state index in [1.807, 2.05) is 11.7 Å². The molecule has 0 aliphatic heterocycles. The predicted octanol–water partition coefficient (Wildman–Crippen LogP) is 1.94. The molecular weight excluding hydrogens is 224 g/mol. The van der Waals surface area contributed by atoms with Crippen molar-refractivity contribution in [3.05, 3.63) is 17.5 Å². The van der Waals surface area contributed by atoms with E-state index in [1.54, 1.807) is 0 Å². The molecule has 102 valence electrons. The Labute approximate surface area is 110 Å². The summed E-state index contributed by atoms with van der Waals surface area (Å²) in [7, 11) is 2.03. The Morgan fingerprint density at radius 2 is 2.17 bits per heavy atom. The molecule has 0 spiro atoms. The molecule has 1 aromatic rings. The molecule has 1 heterocycles. The molecule has 3 N–H and O–H groups in total. The summed E-state index contributed by atoms with van der Waals surface area (Å²) in [6.07, 6.45) is 8.71. The molecule has 0 saturated heterocycles. The van der Waals surface area contributed by atoms with E-state index in [4.69, 9.17) is 5.84 Å². The first kappa shape index (κ1) is 13.6. The Hall–Kier alpha value is -0.870. The van der Waals surface area contributed by atoms with E-state index >= 15 is 0 Å². The van der Waals surface area contributed by atoms with Gasteiger partial charge in [-0.05, 0) is 31.2 Å². The third-order valence-corrected chi connectivity index (χ3v) is 4.25. The van der Waals surface area contributed by atoms with Gasteiger partial charge in [0.2, 0.25) is 0 Å². The van der Waals surface area contributed by atoms with Gasteiger partial charge in [-0.3, -0.25) is 16.0 Å². The summed E-state index contributed by atoms with van der Waals surface area (Å²) in [4.78, 5) is 0. The van der Waals surface area contributed by atoms with E-state index in [-0.39, 0.29) is 0 Å². The summed E-state index contributed by atoms with van der Waals surface area (Å²) in [5, 5.41) is 4.51. The Kier molecular flexibility index (Phi) is 4.78. The highest BCUT2D eigenvalue weighted by Gasteiger charge is 2.23. The van der Waals surface area contributed by atoms with Crippen molar-refractivity contribution in [2.75, 3.05) is 0 Å². The van der Waals surface area contributed by atoms with Gasteiger partial charge in [-0.1, -0.05) is 26.2 Å². The Morgan fingerprint density at radius 1 is 1.44 bits per heavy atom. The van der Waals surface area contributed by atoms with Crippen molar-refractivity contribution < 1.29 is 0 Å². The van der Waals surface area contributed by atoms with Crippen molar-refractivity contribution in [2.24, 2.45) is 18.8 Å². The van der Waals surface area contributed by atoms with Crippen LogP contribution in [0.3, 0.4) is 0 Å². The van der Waals surface area contributed by atoms with Crippen LogP contribution < -0.4 is 11.3 Å². The normalized spacial score (nSPS) is 19.1. The van der Waals surface area contributed by atoms with Crippen LogP contribution in [0.5, 0.6) is 0 Å². The molecule has 0 bridgehead atoms. The van der Waals surface area contributed by atoms with Crippen LogP contribution in [0, 0.1) is 5.92 Å². The van der Waals surface area contributed by atoms with Gasteiger partial charge in [0.15, 0.2) is 0 Å². The summed E-state index contributed by atoms with van der Waals surface area (Å²) in [6, 6.07) is 2.61. The lowest BCUT2D eigenvalue weighted by Crippen LogP contribution is -2.43. The van der Waals surface area contributed by atoms with Crippen molar-refractivity contribution in [1.29, 1.82) is 0 Å². The number of nitrogens with two attached hydrogens (primary N) is 1. The smallest absolute Gasteiger partial charge is 0.0624 e. The topological polar surface area (TPSA) is 55.9 Å². The molecule has 4 heteroatoms. The Morgan fingerprint density at radius 3 is 2.72 bits per heavy atom. The summed E-state index contributed by atoms with van der Waals surface area (Å²) in [5.41, 5.74) is 5.50. The zero-order valence-electron chi connectivity index (χ0n) is 11.7. The van der Waals surface area contributed by atoms with E-state index in [0.29, 0.717) is 6.04 Å². The molecule has 1 saturated carbocycles. The van der Waals surface area contributed by atoms with Crippen molar-refractivity contribution in [3.8, 4) is 0 Å². The number of nitrogens with zero attached hydrogens (tertiary/aromatic N) is 2. The first-order valence-corrected chi connectivity index (χ1v) is 7.22. The molecular formula is C14H26N4. The monoisotopic (exact) mass is 250 g/mol. The zero-order chi connectivity index (χ0) is 13.0. The van der Waals surface area contributed by atoms with E-state index in [9.17, 15) is 0 Å². The van der Waals surface area contributed by atoms with Gasteiger partial charge < -0.3 is 0 Å². The number of nitrogens with one attached hydrogen (secondary N) is 1. The van der Waals surface area contributed by atoms with Crippen molar-refractivity contribution >= 4 is 0 Å². The quantitative estimate of drug-likeness (QED) is 0.620. The minimum atomic E-state index is 0.394. The first-order chi connectivity index (χ1) is 8.74. The maximum absolute atomic E-state index is 5.76. The summed E-state index contributed by atoms with van der Waals surface area (Å²) >= 11 is 0. The molecule has 1 aromatic heterocycles. The van der Waals surface area contributed by atoms with Crippen LogP contribution in [-0.2, 0) is 19.9 Å². The lowest BCUT2D eigenvalue weighted by molar-refractivity contribution is 0.266. The molecule has 0 radical (unpaired) electrons. The second kappa shape index (κ2) is 6.34. The summed E-state index contributed by atoms with van der Waals surface area (Å²) in [6.45, 7) is 2.14. The molecule has 0 amide bonds. The van der Waals surface area contributed by atoms with Gasteiger partial charge in [0.25, 0.3) is 0 Å². The zero-order valence-corrected chi connectivity index (χ0v) is 11.7. The largest absolute Gasteiger partial charge is 0.272 e. The fourth-order valence-electron chi connectivity index (χ4n) is 3.06. The van der Waals surface area contributed by atoms with Crippen LogP contribution in [0.1, 0.15) is 50.4 Å². The van der Waals surface area contributed by atoms with E-state index in [1.165, 1.54) is 43.5 Å². The fourth-order valence-corrected chi connectivity index (χ4v) is 3.06. The fraction of sp³-hybridized carbons (Fsp3) is 0.786. The van der Waals surface area contributed by atoms with Crippen molar-refractivity contribution in [2.45, 2.75) is 57.9 Å². The summed E-state index contributed by atoms with van der Waals surface area (Å²) in [5.74, 6) is 6.49. The molecule has 18 heavy (non-hydrogen) atoms. The third kappa shape index (κ3) is 3.12. The first-order valence-electron chi connectivity index (χ1n) is 7.22. The van der Waals surface area contributed by atoms with Gasteiger partial charge in [-0.15, -0.1) is 0 Å². The standard InChI is InChI=1S/C14H26N4/c1-3-12-9-13(18(2)17-12)10-14(16-15)11-7-5-4-6-8-11/h9,11,14,16H,3-8,10,15H2,1-2H3. The second-order valence-electron chi connectivity index (χ2n) is 5.48. The Balaban J connectivity index is 2.02. The number of hydrogen-bond acceptors (Lipinski definition) is 3. The minimum absolute atomic E-state index is 0.394. The van der Waals surface area contributed by atoms with Gasteiger partial charge in [-0.2, -0.15) is 5.10 Å². The van der Waals surface area contributed by atoms with Crippen LogP contribution in [0.25, 0.3) is 0 Å². The number of rotatable bonds is 5. The molecule has 1 aliphatic rings. The van der Waals surface area contributed by atoms with Gasteiger partial charge in [0, 0.05) is 25.2 Å². The van der Waals surface area contributed by atoms with Gasteiger partial charge >= 0.3 is 0 Å². The Bertz CT molecular complexity index is 366. The number of hydrazine groups is 1. The van der Waals surface area contributed by atoms with Crippen molar-refractivity contribution in [3.63, 3.8) is 0 Å². The molecule has 0 aromatic carbocycles. The maximum atomic E-state index is 5.76. The molecule has 1 atom stereocenters. The van der Waals surface area contributed by atoms with Crippen LogP contribution >= 0.6 is 0 Å². The highest BCUT2D eigenvalue weighted by molar-refractivity contribution is 5.12. The number of aromatic nitrogens is 2. The minimum Gasteiger partial charge on any atom is -0.272 e. The van der Waals surface area contributed by atoms with Crippen LogP contribution in [0.4, 0.5) is 0 Å². The van der Waals surface area contributed by atoms with Gasteiger partial charge in [-0.25, -0.2) is 0 Å². The molecule has 4 nitrogen and oxygen atoms in total. The predicted molar refractivity (Wildman–Crippen MR) is 74.0 cm³/mol. The van der Waals surface area contributed by atoms with E-state index < -0.39 is 0 Å². The molecule has 1 unspecified atom stereocenters. The van der Waals surface area contributed by atoms with Crippen LogP contribution in [0.15, 0.2) is 6.07 Å². The maximum Gasteiger partial charge on any atom is 0.0624 e. The third-order valence-electron chi connectivity index (χ3n) is 4.25. The molecule has 1 fully saturated rings. The average molecular weight is 250 g/mol. The van der Waals surface area contributed by atoms with Gasteiger partial charge in [0.05, 0.1) is 5.69 Å². The van der Waals surface area contributed by atoms with Crippen LogP contribution in [-0.4, -0.2) is 15.8 Å². The SMILES string of the molecule is CCc1cc(CC(NN)C2CCCCC2)n(C)n1. The lowest BCUT2D eigenvalue weighted by Gasteiger charge is -2.29. The molecule has 2 rings (SSSR count). The lowest BCUT2D eigenvalue weighted by atomic mass is 9.82. The molecule has 1 aliphatic carbocycles. The van der Waals surface area contributed by atoms with Gasteiger partial charge in [0.1, 0.15) is 0 Å². The van der Waals surface area contributed by atoms with E-state index in [2.05, 4.69) is 23.5 Å². The summed E-state index contributed by atoms with van der Waals surface area (Å²) < 4.78 is 2.01. The van der Waals surface area contributed by atoms with Crippen LogP contribution in [0.2, 0.25) is 0 Å². The number of aryl methyl sites for hydroxylation is 2.